The van der Waals surface area contributed by atoms with Crippen LogP contribution in [0.15, 0.2) is 84.9 Å². The normalized spacial score (nSPS) is 13.0. The SMILES string of the molecule is C[C@H](NC(=O)Cc1ccc(-c2ccccc2)cc1)[C@@H](O)Cc1ccccc1. The predicted octanol–water partition coefficient (Wildman–Crippen LogP) is 4.00. The molecule has 3 aromatic rings. The van der Waals surface area contributed by atoms with Crippen molar-refractivity contribution in [2.24, 2.45) is 0 Å². The van der Waals surface area contributed by atoms with Gasteiger partial charge in [-0.2, -0.15) is 0 Å². The van der Waals surface area contributed by atoms with Crippen LogP contribution in [0.4, 0.5) is 0 Å². The van der Waals surface area contributed by atoms with E-state index in [9.17, 15) is 9.90 Å². The number of nitrogens with one attached hydrogen (secondary N) is 1. The molecule has 0 aliphatic heterocycles. The molecule has 0 unspecified atom stereocenters. The number of rotatable bonds is 7. The molecule has 2 N–H and O–H groups in total. The van der Waals surface area contributed by atoms with Gasteiger partial charge in [0.15, 0.2) is 0 Å². The standard InChI is InChI=1S/C24H25NO2/c1-18(23(26)16-19-8-4-2-5-9-19)25-24(27)17-20-12-14-22(15-13-20)21-10-6-3-7-11-21/h2-15,18,23,26H,16-17H2,1H3,(H,25,27)/t18-,23-/m0/s1. The molecule has 0 aliphatic rings. The van der Waals surface area contributed by atoms with Crippen molar-refractivity contribution in [2.45, 2.75) is 31.9 Å². The van der Waals surface area contributed by atoms with Crippen LogP contribution < -0.4 is 5.32 Å². The van der Waals surface area contributed by atoms with Gasteiger partial charge in [0.2, 0.25) is 5.91 Å². The second kappa shape index (κ2) is 9.15. The molecular weight excluding hydrogens is 334 g/mol. The molecule has 0 bridgehead atoms. The quantitative estimate of drug-likeness (QED) is 0.670. The van der Waals surface area contributed by atoms with E-state index in [0.717, 1.165) is 22.3 Å². The third kappa shape index (κ3) is 5.53. The first-order chi connectivity index (χ1) is 13.1. The molecule has 0 spiro atoms. The molecule has 0 radical (unpaired) electrons. The van der Waals surface area contributed by atoms with Crippen LogP contribution in [-0.4, -0.2) is 23.2 Å². The predicted molar refractivity (Wildman–Crippen MR) is 109 cm³/mol. The van der Waals surface area contributed by atoms with Crippen molar-refractivity contribution in [3.63, 3.8) is 0 Å². The van der Waals surface area contributed by atoms with Crippen molar-refractivity contribution in [3.8, 4) is 11.1 Å². The smallest absolute Gasteiger partial charge is 0.224 e. The molecule has 3 heteroatoms. The first-order valence-corrected chi connectivity index (χ1v) is 9.27. The fourth-order valence-corrected chi connectivity index (χ4v) is 3.06. The van der Waals surface area contributed by atoms with Crippen LogP contribution >= 0.6 is 0 Å². The Balaban J connectivity index is 1.52. The highest BCUT2D eigenvalue weighted by atomic mass is 16.3. The monoisotopic (exact) mass is 359 g/mol. The zero-order valence-electron chi connectivity index (χ0n) is 15.5. The molecule has 0 aliphatic carbocycles. The van der Waals surface area contributed by atoms with Crippen molar-refractivity contribution in [2.75, 3.05) is 0 Å². The van der Waals surface area contributed by atoms with Crippen LogP contribution in [-0.2, 0) is 17.6 Å². The maximum atomic E-state index is 12.3. The minimum absolute atomic E-state index is 0.0814. The Morgan fingerprint density at radius 1 is 0.815 bits per heavy atom. The molecule has 0 aromatic heterocycles. The van der Waals surface area contributed by atoms with Crippen LogP contribution in [0.25, 0.3) is 11.1 Å². The van der Waals surface area contributed by atoms with Crippen molar-refractivity contribution in [3.05, 3.63) is 96.1 Å². The zero-order chi connectivity index (χ0) is 19.1. The number of hydrogen-bond donors (Lipinski definition) is 2. The van der Waals surface area contributed by atoms with Crippen molar-refractivity contribution in [1.82, 2.24) is 5.32 Å². The first-order valence-electron chi connectivity index (χ1n) is 9.27. The summed E-state index contributed by atoms with van der Waals surface area (Å²) in [5, 5.41) is 13.2. The highest BCUT2D eigenvalue weighted by molar-refractivity contribution is 5.79. The van der Waals surface area contributed by atoms with Crippen LogP contribution in [0, 0.1) is 0 Å². The number of aliphatic hydroxyl groups excluding tert-OH is 1. The van der Waals surface area contributed by atoms with Gasteiger partial charge in [-0.1, -0.05) is 84.9 Å². The van der Waals surface area contributed by atoms with Crippen LogP contribution in [0.1, 0.15) is 18.1 Å². The number of hydrogen-bond acceptors (Lipinski definition) is 2. The summed E-state index contributed by atoms with van der Waals surface area (Å²) >= 11 is 0. The summed E-state index contributed by atoms with van der Waals surface area (Å²) in [5.41, 5.74) is 4.30. The van der Waals surface area contributed by atoms with Gasteiger partial charge in [0.05, 0.1) is 18.6 Å². The van der Waals surface area contributed by atoms with Gasteiger partial charge in [-0.05, 0) is 29.2 Å². The van der Waals surface area contributed by atoms with Gasteiger partial charge in [-0.15, -0.1) is 0 Å². The van der Waals surface area contributed by atoms with Crippen molar-refractivity contribution >= 4 is 5.91 Å². The van der Waals surface area contributed by atoms with Crippen molar-refractivity contribution in [1.29, 1.82) is 0 Å². The lowest BCUT2D eigenvalue weighted by molar-refractivity contribution is -0.121. The summed E-state index contributed by atoms with van der Waals surface area (Å²) in [6, 6.07) is 27.7. The Labute approximate surface area is 160 Å². The van der Waals surface area contributed by atoms with E-state index < -0.39 is 6.10 Å². The highest BCUT2D eigenvalue weighted by Gasteiger charge is 2.17. The molecule has 0 saturated carbocycles. The second-order valence-electron chi connectivity index (χ2n) is 6.85. The molecule has 27 heavy (non-hydrogen) atoms. The zero-order valence-corrected chi connectivity index (χ0v) is 15.5. The van der Waals surface area contributed by atoms with E-state index in [-0.39, 0.29) is 11.9 Å². The van der Waals surface area contributed by atoms with Gasteiger partial charge in [0.25, 0.3) is 0 Å². The molecule has 0 heterocycles. The molecule has 3 nitrogen and oxygen atoms in total. The van der Waals surface area contributed by atoms with E-state index in [4.69, 9.17) is 0 Å². The van der Waals surface area contributed by atoms with Crippen LogP contribution in [0.5, 0.6) is 0 Å². The Hall–Kier alpha value is -2.91. The Morgan fingerprint density at radius 3 is 2.00 bits per heavy atom. The van der Waals surface area contributed by atoms with E-state index >= 15 is 0 Å². The summed E-state index contributed by atoms with van der Waals surface area (Å²) in [7, 11) is 0. The van der Waals surface area contributed by atoms with E-state index in [1.807, 2.05) is 79.7 Å². The fraction of sp³-hybridized carbons (Fsp3) is 0.208. The van der Waals surface area contributed by atoms with Crippen LogP contribution in [0.2, 0.25) is 0 Å². The van der Waals surface area contributed by atoms with Crippen molar-refractivity contribution < 1.29 is 9.90 Å². The van der Waals surface area contributed by atoms with Gasteiger partial charge in [-0.25, -0.2) is 0 Å². The third-order valence-electron chi connectivity index (χ3n) is 4.68. The Morgan fingerprint density at radius 2 is 1.37 bits per heavy atom. The number of carbonyl (C=O) groups excluding carboxylic acids is 1. The number of benzene rings is 3. The maximum Gasteiger partial charge on any atom is 0.224 e. The third-order valence-corrected chi connectivity index (χ3v) is 4.68. The average Bonchev–Trinajstić information content (AvgIpc) is 2.70. The summed E-state index contributed by atoms with van der Waals surface area (Å²) in [6.07, 6.45) is 0.211. The van der Waals surface area contributed by atoms with E-state index in [2.05, 4.69) is 17.4 Å². The molecule has 138 valence electrons. The first kappa shape index (κ1) is 18.9. The lowest BCUT2D eigenvalue weighted by Gasteiger charge is -2.20. The van der Waals surface area contributed by atoms with Gasteiger partial charge in [-0.3, -0.25) is 4.79 Å². The topological polar surface area (TPSA) is 49.3 Å². The molecule has 2 atom stereocenters. The number of aliphatic hydroxyl groups is 1. The summed E-state index contributed by atoms with van der Waals surface area (Å²) in [5.74, 6) is -0.0814. The van der Waals surface area contributed by atoms with Crippen LogP contribution in [0.3, 0.4) is 0 Å². The van der Waals surface area contributed by atoms with Gasteiger partial charge in [0.1, 0.15) is 0 Å². The molecular formula is C24H25NO2. The fourth-order valence-electron chi connectivity index (χ4n) is 3.06. The van der Waals surface area contributed by atoms with Gasteiger partial charge < -0.3 is 10.4 Å². The van der Waals surface area contributed by atoms with Gasteiger partial charge in [0, 0.05) is 6.42 Å². The molecule has 1 amide bonds. The van der Waals surface area contributed by atoms with E-state index in [0.29, 0.717) is 12.8 Å². The minimum Gasteiger partial charge on any atom is -0.391 e. The summed E-state index contributed by atoms with van der Waals surface area (Å²) < 4.78 is 0. The maximum absolute atomic E-state index is 12.3. The van der Waals surface area contributed by atoms with Gasteiger partial charge >= 0.3 is 0 Å². The van der Waals surface area contributed by atoms with E-state index in [1.165, 1.54) is 0 Å². The Bertz CT molecular complexity index is 845. The number of carbonyl (C=O) groups is 1. The average molecular weight is 359 g/mol. The number of amides is 1. The molecule has 3 aromatic carbocycles. The molecule has 0 fully saturated rings. The molecule has 3 rings (SSSR count). The summed E-state index contributed by atoms with van der Waals surface area (Å²) in [4.78, 5) is 12.3. The lowest BCUT2D eigenvalue weighted by atomic mass is 10.0. The van der Waals surface area contributed by atoms with E-state index in [1.54, 1.807) is 0 Å². The summed E-state index contributed by atoms with van der Waals surface area (Å²) in [6.45, 7) is 1.84. The molecule has 0 saturated heterocycles. The largest absolute Gasteiger partial charge is 0.391 e. The second-order valence-corrected chi connectivity index (χ2v) is 6.85. The highest BCUT2D eigenvalue weighted by Crippen LogP contribution is 2.19. The Kier molecular flexibility index (Phi) is 6.39. The minimum atomic E-state index is -0.614. The lowest BCUT2D eigenvalue weighted by Crippen LogP contribution is -2.42.